The minimum atomic E-state index is -0.146. The molecule has 0 bridgehead atoms. The van der Waals surface area contributed by atoms with Gasteiger partial charge in [0.2, 0.25) is 0 Å². The summed E-state index contributed by atoms with van der Waals surface area (Å²) in [4.78, 5) is 2.27. The monoisotopic (exact) mass is 252 g/mol. The Morgan fingerprint density at radius 3 is 2.67 bits per heavy atom. The van der Waals surface area contributed by atoms with E-state index < -0.39 is 0 Å². The number of halogens is 1. The van der Waals surface area contributed by atoms with Crippen molar-refractivity contribution in [3.63, 3.8) is 0 Å². The number of piperidine rings is 1. The summed E-state index contributed by atoms with van der Waals surface area (Å²) in [6.45, 7) is 3.00. The van der Waals surface area contributed by atoms with Gasteiger partial charge in [0.15, 0.2) is 0 Å². The fraction of sp³-hybridized carbons (Fsp3) is 0.571. The van der Waals surface area contributed by atoms with Crippen molar-refractivity contribution in [1.29, 1.82) is 0 Å². The fourth-order valence-electron chi connectivity index (χ4n) is 2.39. The van der Waals surface area contributed by atoms with Gasteiger partial charge in [0.25, 0.3) is 0 Å². The maximum Gasteiger partial charge on any atom is 0.128 e. The highest BCUT2D eigenvalue weighted by Crippen LogP contribution is 2.18. The second kappa shape index (κ2) is 6.27. The van der Waals surface area contributed by atoms with Crippen molar-refractivity contribution in [3.05, 3.63) is 35.1 Å². The molecule has 1 aliphatic rings. The molecule has 1 aliphatic heterocycles. The van der Waals surface area contributed by atoms with Crippen molar-refractivity contribution in [2.45, 2.75) is 32.0 Å². The van der Waals surface area contributed by atoms with E-state index in [-0.39, 0.29) is 5.82 Å². The molecule has 4 heteroatoms. The summed E-state index contributed by atoms with van der Waals surface area (Å²) < 4.78 is 19.2. The maximum absolute atomic E-state index is 13.8. The fourth-order valence-corrected chi connectivity index (χ4v) is 2.39. The highest BCUT2D eigenvalue weighted by Gasteiger charge is 2.19. The predicted molar refractivity (Wildman–Crippen MR) is 69.6 cm³/mol. The lowest BCUT2D eigenvalue weighted by Crippen LogP contribution is -2.36. The van der Waals surface area contributed by atoms with E-state index in [1.807, 2.05) is 12.1 Å². The molecule has 100 valence electrons. The number of nitrogens with two attached hydrogens (primary N) is 1. The summed E-state index contributed by atoms with van der Waals surface area (Å²) in [5, 5.41) is 0. The van der Waals surface area contributed by atoms with Gasteiger partial charge in [-0.15, -0.1) is 0 Å². The Hall–Kier alpha value is -0.970. The minimum absolute atomic E-state index is 0.146. The molecule has 0 amide bonds. The predicted octanol–water partition coefficient (Wildman–Crippen LogP) is 1.90. The van der Waals surface area contributed by atoms with Crippen LogP contribution in [0.1, 0.15) is 24.0 Å². The van der Waals surface area contributed by atoms with Gasteiger partial charge in [0, 0.05) is 38.9 Å². The van der Waals surface area contributed by atoms with E-state index in [1.54, 1.807) is 7.11 Å². The first-order valence-electron chi connectivity index (χ1n) is 6.45. The van der Waals surface area contributed by atoms with E-state index in [2.05, 4.69) is 4.90 Å². The molecule has 1 saturated heterocycles. The Balaban J connectivity index is 1.94. The first-order valence-corrected chi connectivity index (χ1v) is 6.45. The summed E-state index contributed by atoms with van der Waals surface area (Å²) in [6.07, 6.45) is 2.42. The number of nitrogens with zero attached hydrogens (tertiary/aromatic N) is 1. The Labute approximate surface area is 108 Å². The summed E-state index contributed by atoms with van der Waals surface area (Å²) in [5.41, 5.74) is 7.09. The number of benzene rings is 1. The average molecular weight is 252 g/mol. The summed E-state index contributed by atoms with van der Waals surface area (Å²) in [6, 6.07) is 5.29. The SMILES string of the molecule is COC1CCN(Cc2ccc(CN)cc2F)CC1. The topological polar surface area (TPSA) is 38.5 Å². The van der Waals surface area contributed by atoms with Gasteiger partial charge in [-0.05, 0) is 24.5 Å². The average Bonchev–Trinajstić information content (AvgIpc) is 2.42. The van der Waals surface area contributed by atoms with Crippen LogP contribution in [0.3, 0.4) is 0 Å². The zero-order valence-electron chi connectivity index (χ0n) is 10.9. The molecule has 2 rings (SSSR count). The number of methoxy groups -OCH3 is 1. The molecule has 1 fully saturated rings. The zero-order valence-corrected chi connectivity index (χ0v) is 10.9. The quantitative estimate of drug-likeness (QED) is 0.889. The molecule has 0 atom stereocenters. The lowest BCUT2D eigenvalue weighted by atomic mass is 10.1. The Kier molecular flexibility index (Phi) is 4.69. The first kappa shape index (κ1) is 13.5. The molecule has 0 spiro atoms. The lowest BCUT2D eigenvalue weighted by Gasteiger charge is -2.31. The van der Waals surface area contributed by atoms with Gasteiger partial charge < -0.3 is 10.5 Å². The standard InChI is InChI=1S/C14H21FN2O/c1-18-13-4-6-17(7-5-13)10-12-3-2-11(9-16)8-14(12)15/h2-3,8,13H,4-7,9-10,16H2,1H3. The molecule has 0 saturated carbocycles. The third-order valence-electron chi connectivity index (χ3n) is 3.62. The largest absolute Gasteiger partial charge is 0.381 e. The van der Waals surface area contributed by atoms with Crippen molar-refractivity contribution < 1.29 is 9.13 Å². The van der Waals surface area contributed by atoms with Gasteiger partial charge in [-0.2, -0.15) is 0 Å². The summed E-state index contributed by atoms with van der Waals surface area (Å²) in [5.74, 6) is -0.146. The third kappa shape index (κ3) is 3.28. The first-order chi connectivity index (χ1) is 8.72. The number of hydrogen-bond acceptors (Lipinski definition) is 3. The summed E-state index contributed by atoms with van der Waals surface area (Å²) in [7, 11) is 1.76. The van der Waals surface area contributed by atoms with Crippen LogP contribution in [0.25, 0.3) is 0 Å². The lowest BCUT2D eigenvalue weighted by molar-refractivity contribution is 0.0386. The smallest absolute Gasteiger partial charge is 0.128 e. The van der Waals surface area contributed by atoms with Crippen LogP contribution in [0.4, 0.5) is 4.39 Å². The van der Waals surface area contributed by atoms with E-state index in [9.17, 15) is 4.39 Å². The number of rotatable bonds is 4. The molecule has 0 radical (unpaired) electrons. The minimum Gasteiger partial charge on any atom is -0.381 e. The van der Waals surface area contributed by atoms with Gasteiger partial charge in [0.05, 0.1) is 6.10 Å². The Morgan fingerprint density at radius 2 is 2.11 bits per heavy atom. The molecule has 1 aromatic carbocycles. The highest BCUT2D eigenvalue weighted by molar-refractivity contribution is 5.24. The molecule has 2 N–H and O–H groups in total. The summed E-state index contributed by atoms with van der Waals surface area (Å²) >= 11 is 0. The van der Waals surface area contributed by atoms with Crippen molar-refractivity contribution in [3.8, 4) is 0 Å². The Morgan fingerprint density at radius 1 is 1.39 bits per heavy atom. The van der Waals surface area contributed by atoms with E-state index in [4.69, 9.17) is 10.5 Å². The van der Waals surface area contributed by atoms with Crippen LogP contribution < -0.4 is 5.73 Å². The number of hydrogen-bond donors (Lipinski definition) is 1. The van der Waals surface area contributed by atoms with Crippen LogP contribution in [0.15, 0.2) is 18.2 Å². The van der Waals surface area contributed by atoms with Gasteiger partial charge in [-0.1, -0.05) is 12.1 Å². The second-order valence-corrected chi connectivity index (χ2v) is 4.84. The van der Waals surface area contributed by atoms with Crippen LogP contribution in [-0.4, -0.2) is 31.2 Å². The van der Waals surface area contributed by atoms with Crippen LogP contribution in [0.5, 0.6) is 0 Å². The Bertz CT molecular complexity index is 389. The molecule has 18 heavy (non-hydrogen) atoms. The van der Waals surface area contributed by atoms with Crippen LogP contribution in [-0.2, 0) is 17.8 Å². The molecule has 1 heterocycles. The number of ether oxygens (including phenoxy) is 1. The van der Waals surface area contributed by atoms with Crippen molar-refractivity contribution in [1.82, 2.24) is 4.90 Å². The van der Waals surface area contributed by atoms with Gasteiger partial charge in [0.1, 0.15) is 5.82 Å². The van der Waals surface area contributed by atoms with Crippen molar-refractivity contribution in [2.24, 2.45) is 5.73 Å². The highest BCUT2D eigenvalue weighted by atomic mass is 19.1. The van der Waals surface area contributed by atoms with Crippen molar-refractivity contribution in [2.75, 3.05) is 20.2 Å². The van der Waals surface area contributed by atoms with Crippen LogP contribution in [0, 0.1) is 5.82 Å². The van der Waals surface area contributed by atoms with E-state index in [1.165, 1.54) is 6.07 Å². The molecule has 1 aromatic rings. The van der Waals surface area contributed by atoms with Crippen LogP contribution in [0.2, 0.25) is 0 Å². The van der Waals surface area contributed by atoms with E-state index >= 15 is 0 Å². The van der Waals surface area contributed by atoms with Gasteiger partial charge >= 0.3 is 0 Å². The molecular weight excluding hydrogens is 231 g/mol. The van der Waals surface area contributed by atoms with Gasteiger partial charge in [-0.3, -0.25) is 4.90 Å². The molecular formula is C14H21FN2O. The molecule has 3 nitrogen and oxygen atoms in total. The third-order valence-corrected chi connectivity index (χ3v) is 3.62. The van der Waals surface area contributed by atoms with E-state index in [0.717, 1.165) is 37.1 Å². The van der Waals surface area contributed by atoms with Gasteiger partial charge in [-0.25, -0.2) is 4.39 Å². The zero-order chi connectivity index (χ0) is 13.0. The normalized spacial score (nSPS) is 18.2. The maximum atomic E-state index is 13.8. The molecule has 0 aliphatic carbocycles. The second-order valence-electron chi connectivity index (χ2n) is 4.84. The van der Waals surface area contributed by atoms with Crippen molar-refractivity contribution >= 4 is 0 Å². The molecule has 0 aromatic heterocycles. The van der Waals surface area contributed by atoms with Crippen LogP contribution >= 0.6 is 0 Å². The van der Waals surface area contributed by atoms with E-state index in [0.29, 0.717) is 19.2 Å². The number of likely N-dealkylation sites (tertiary alicyclic amines) is 1. The molecule has 0 unspecified atom stereocenters.